The van der Waals surface area contributed by atoms with Crippen LogP contribution in [0.15, 0.2) is 35.5 Å². The summed E-state index contributed by atoms with van der Waals surface area (Å²) in [5, 5.41) is 3.33. The van der Waals surface area contributed by atoms with Gasteiger partial charge in [0.15, 0.2) is 4.80 Å². The summed E-state index contributed by atoms with van der Waals surface area (Å²) in [5.41, 5.74) is -0.160. The number of hydrogen-bond donors (Lipinski definition) is 1. The van der Waals surface area contributed by atoms with Crippen molar-refractivity contribution in [3.05, 3.63) is 45.7 Å². The van der Waals surface area contributed by atoms with Gasteiger partial charge >= 0.3 is 12.2 Å². The van der Waals surface area contributed by atoms with Crippen LogP contribution in [0.3, 0.4) is 0 Å². The maximum absolute atomic E-state index is 12.8. The van der Waals surface area contributed by atoms with E-state index in [9.17, 15) is 18.0 Å². The number of hydrogen-bond acceptors (Lipinski definition) is 3. The molecule has 2 amide bonds. The van der Waals surface area contributed by atoms with Gasteiger partial charge in [0, 0.05) is 42.9 Å². The van der Waals surface area contributed by atoms with E-state index in [1.807, 2.05) is 6.92 Å². The number of alkyl halides is 3. The molecule has 5 nitrogen and oxygen atoms in total. The van der Waals surface area contributed by atoms with Crippen LogP contribution in [-0.2, 0) is 6.18 Å². The Kier molecular flexibility index (Phi) is 4.59. The first kappa shape index (κ1) is 18.2. The number of nitrogens with one attached hydrogen (secondary N) is 1. The van der Waals surface area contributed by atoms with Crippen LogP contribution in [0.1, 0.15) is 10.4 Å². The van der Waals surface area contributed by atoms with Gasteiger partial charge < -0.3 is 10.2 Å². The fraction of sp³-hybridized carbons (Fsp3) is 0.444. The minimum absolute atomic E-state index is 0.285. The normalized spacial score (nSPS) is 23.1. The number of rotatable bonds is 1. The van der Waals surface area contributed by atoms with E-state index in [1.54, 1.807) is 15.7 Å². The van der Waals surface area contributed by atoms with Crippen molar-refractivity contribution in [1.82, 2.24) is 14.8 Å². The average Bonchev–Trinajstić information content (AvgIpc) is 3.28. The number of carbonyl (C=O) groups excluding carboxylic acids is 1. The molecule has 2 atom stereocenters. The lowest BCUT2D eigenvalue weighted by molar-refractivity contribution is -0.137. The van der Waals surface area contributed by atoms with Gasteiger partial charge in [-0.1, -0.05) is 0 Å². The Morgan fingerprint density at radius 1 is 1.19 bits per heavy atom. The number of likely N-dealkylation sites (tertiary alicyclic amines) is 1. The Morgan fingerprint density at radius 2 is 1.81 bits per heavy atom. The van der Waals surface area contributed by atoms with Crippen LogP contribution in [0, 0.1) is 18.8 Å². The van der Waals surface area contributed by atoms with Gasteiger partial charge in [0.1, 0.15) is 0 Å². The van der Waals surface area contributed by atoms with Crippen LogP contribution >= 0.6 is 11.3 Å². The molecule has 0 aliphatic carbocycles. The molecule has 2 fully saturated rings. The SMILES string of the molecule is Cc1cn(-c2ccc(C(F)(F)F)cc2)c(=NC(=O)N2CC3CNCC3C2)s1. The number of aryl methyl sites for hydroxylation is 1. The number of thiazole rings is 1. The third kappa shape index (κ3) is 3.66. The summed E-state index contributed by atoms with van der Waals surface area (Å²) < 4.78 is 40.0. The summed E-state index contributed by atoms with van der Waals surface area (Å²) in [4.78, 5) is 20.0. The van der Waals surface area contributed by atoms with Crippen LogP contribution in [0.25, 0.3) is 5.69 Å². The predicted octanol–water partition coefficient (Wildman–Crippen LogP) is 3.04. The molecule has 2 aliphatic heterocycles. The van der Waals surface area contributed by atoms with Gasteiger partial charge in [0.25, 0.3) is 0 Å². The first-order valence-corrected chi connectivity index (χ1v) is 9.54. The molecule has 2 aliphatic rings. The fourth-order valence-electron chi connectivity index (χ4n) is 3.69. The number of fused-ring (bicyclic) bond motifs is 1. The van der Waals surface area contributed by atoms with E-state index >= 15 is 0 Å². The zero-order valence-corrected chi connectivity index (χ0v) is 15.5. The highest BCUT2D eigenvalue weighted by atomic mass is 32.1. The van der Waals surface area contributed by atoms with Gasteiger partial charge in [-0.3, -0.25) is 4.57 Å². The Labute approximate surface area is 158 Å². The quantitative estimate of drug-likeness (QED) is 0.806. The van der Waals surface area contributed by atoms with Crippen LogP contribution in [0.2, 0.25) is 0 Å². The first-order valence-electron chi connectivity index (χ1n) is 8.72. The number of nitrogens with zero attached hydrogens (tertiary/aromatic N) is 3. The Morgan fingerprint density at radius 3 is 2.41 bits per heavy atom. The highest BCUT2D eigenvalue weighted by Crippen LogP contribution is 2.29. The third-order valence-corrected chi connectivity index (χ3v) is 5.99. The second-order valence-electron chi connectivity index (χ2n) is 7.02. The minimum Gasteiger partial charge on any atom is -0.322 e. The summed E-state index contributed by atoms with van der Waals surface area (Å²) >= 11 is 1.34. The lowest BCUT2D eigenvalue weighted by Gasteiger charge is -2.14. The molecule has 0 saturated carbocycles. The molecule has 2 saturated heterocycles. The Balaban J connectivity index is 1.61. The van der Waals surface area contributed by atoms with Crippen LogP contribution < -0.4 is 10.1 Å². The first-order chi connectivity index (χ1) is 12.8. The van der Waals surface area contributed by atoms with E-state index in [-0.39, 0.29) is 6.03 Å². The summed E-state index contributed by atoms with van der Waals surface area (Å²) in [7, 11) is 0. The lowest BCUT2D eigenvalue weighted by Crippen LogP contribution is -2.31. The third-order valence-electron chi connectivity index (χ3n) is 5.09. The van der Waals surface area contributed by atoms with Gasteiger partial charge in [0.05, 0.1) is 5.56 Å². The highest BCUT2D eigenvalue weighted by Gasteiger charge is 2.38. The van der Waals surface area contributed by atoms with Crippen LogP contribution in [0.4, 0.5) is 18.0 Å². The molecule has 2 aromatic rings. The number of halogens is 3. The van der Waals surface area contributed by atoms with E-state index in [0.717, 1.165) is 30.1 Å². The van der Waals surface area contributed by atoms with Gasteiger partial charge in [-0.25, -0.2) is 4.79 Å². The van der Waals surface area contributed by atoms with E-state index in [2.05, 4.69) is 10.3 Å². The Hall–Kier alpha value is -2.13. The van der Waals surface area contributed by atoms with Crippen molar-refractivity contribution in [3.8, 4) is 5.69 Å². The summed E-state index contributed by atoms with van der Waals surface area (Å²) in [6.45, 7) is 5.13. The van der Waals surface area contributed by atoms with Gasteiger partial charge in [-0.2, -0.15) is 18.2 Å². The summed E-state index contributed by atoms with van der Waals surface area (Å²) in [6.07, 6.45) is -2.60. The van der Waals surface area contributed by atoms with Crippen molar-refractivity contribution in [2.24, 2.45) is 16.8 Å². The number of carbonyl (C=O) groups is 1. The molecule has 9 heteroatoms. The molecular formula is C18H19F3N4OS. The van der Waals surface area contributed by atoms with Crippen LogP contribution in [0.5, 0.6) is 0 Å². The smallest absolute Gasteiger partial charge is 0.322 e. The van der Waals surface area contributed by atoms with E-state index < -0.39 is 11.7 Å². The zero-order chi connectivity index (χ0) is 19.2. The lowest BCUT2D eigenvalue weighted by atomic mass is 10.0. The summed E-state index contributed by atoms with van der Waals surface area (Å²) in [6, 6.07) is 4.58. The fourth-order valence-corrected chi connectivity index (χ4v) is 4.52. The molecular weight excluding hydrogens is 377 g/mol. The number of amides is 2. The van der Waals surface area contributed by atoms with Crippen LogP contribution in [-0.4, -0.2) is 41.7 Å². The van der Waals surface area contributed by atoms with E-state index in [4.69, 9.17) is 0 Å². The largest absolute Gasteiger partial charge is 0.416 e. The molecule has 0 bridgehead atoms. The monoisotopic (exact) mass is 396 g/mol. The molecule has 4 rings (SSSR count). The molecule has 144 valence electrons. The minimum atomic E-state index is -4.38. The maximum Gasteiger partial charge on any atom is 0.416 e. The molecule has 0 radical (unpaired) electrons. The van der Waals surface area contributed by atoms with Gasteiger partial charge in [-0.15, -0.1) is 11.3 Å². The van der Waals surface area contributed by atoms with Crippen molar-refractivity contribution in [1.29, 1.82) is 0 Å². The predicted molar refractivity (Wildman–Crippen MR) is 95.8 cm³/mol. The molecule has 2 unspecified atom stereocenters. The molecule has 27 heavy (non-hydrogen) atoms. The van der Waals surface area contributed by atoms with E-state index in [0.29, 0.717) is 35.4 Å². The summed E-state index contributed by atoms with van der Waals surface area (Å²) in [5.74, 6) is 0.965. The van der Waals surface area contributed by atoms with Crippen molar-refractivity contribution in [2.75, 3.05) is 26.2 Å². The van der Waals surface area contributed by atoms with E-state index in [1.165, 1.54) is 23.5 Å². The second-order valence-corrected chi connectivity index (χ2v) is 8.23. The molecule has 1 aromatic heterocycles. The van der Waals surface area contributed by atoms with Gasteiger partial charge in [0.2, 0.25) is 0 Å². The molecule has 3 heterocycles. The van der Waals surface area contributed by atoms with Crippen molar-refractivity contribution < 1.29 is 18.0 Å². The second kappa shape index (κ2) is 6.79. The van der Waals surface area contributed by atoms with Gasteiger partial charge in [-0.05, 0) is 43.0 Å². The van der Waals surface area contributed by atoms with Crippen molar-refractivity contribution in [2.45, 2.75) is 13.1 Å². The van der Waals surface area contributed by atoms with Crippen molar-refractivity contribution in [3.63, 3.8) is 0 Å². The number of urea groups is 1. The molecule has 0 spiro atoms. The average molecular weight is 396 g/mol. The zero-order valence-electron chi connectivity index (χ0n) is 14.7. The number of aromatic nitrogens is 1. The highest BCUT2D eigenvalue weighted by molar-refractivity contribution is 7.09. The maximum atomic E-state index is 12.8. The molecule has 1 N–H and O–H groups in total. The van der Waals surface area contributed by atoms with Crippen molar-refractivity contribution >= 4 is 17.4 Å². The standard InChI is InChI=1S/C18H19F3N4OS/c1-11-8-25(15-4-2-14(3-5-15)18(19,20)21)17(27-11)23-16(26)24-9-12-6-22-7-13(12)10-24/h2-5,8,12-13,22H,6-7,9-10H2,1H3. The number of benzene rings is 1. The molecule has 1 aromatic carbocycles. The Bertz CT molecular complexity index is 904. The topological polar surface area (TPSA) is 49.6 Å².